The number of hydrogen-bond acceptors (Lipinski definition) is 4. The molecule has 0 aromatic heterocycles. The molecule has 0 saturated carbocycles. The predicted molar refractivity (Wildman–Crippen MR) is 106 cm³/mol. The zero-order valence-electron chi connectivity index (χ0n) is 16.0. The zero-order valence-corrected chi connectivity index (χ0v) is 16.0. The number of amides is 1. The summed E-state index contributed by atoms with van der Waals surface area (Å²) in [5.41, 5.74) is 4.93. The van der Waals surface area contributed by atoms with Gasteiger partial charge in [0.15, 0.2) is 0 Å². The fraction of sp³-hybridized carbons (Fsp3) is 0.318. The summed E-state index contributed by atoms with van der Waals surface area (Å²) in [6, 6.07) is 19.1. The summed E-state index contributed by atoms with van der Waals surface area (Å²) >= 11 is 0. The predicted octanol–water partition coefficient (Wildman–Crippen LogP) is 3.90. The van der Waals surface area contributed by atoms with Crippen LogP contribution in [0.5, 0.6) is 0 Å². The number of carbonyl (C=O) groups excluding carboxylic acids is 2. The topological polar surface area (TPSA) is 67.8 Å². The molecule has 1 amide bonds. The minimum Gasteiger partial charge on any atom is -0.465 e. The molecule has 2 rings (SSSR count). The third kappa shape index (κ3) is 5.51. The molecule has 142 valence electrons. The number of hydrogen-bond donors (Lipinski definition) is 1. The Bertz CT molecular complexity index is 733. The molecule has 1 N–H and O–H groups in total. The third-order valence-corrected chi connectivity index (χ3v) is 4.35. The van der Waals surface area contributed by atoms with E-state index in [9.17, 15) is 9.59 Å². The maximum absolute atomic E-state index is 12.9. The van der Waals surface area contributed by atoms with Crippen molar-refractivity contribution in [1.82, 2.24) is 5.43 Å². The first-order chi connectivity index (χ1) is 13.1. The summed E-state index contributed by atoms with van der Waals surface area (Å²) in [6.45, 7) is 5.70. The van der Waals surface area contributed by atoms with Gasteiger partial charge >= 0.3 is 5.97 Å². The van der Waals surface area contributed by atoms with Crippen molar-refractivity contribution in [2.24, 2.45) is 11.0 Å². The molecule has 0 aliphatic heterocycles. The van der Waals surface area contributed by atoms with Crippen molar-refractivity contribution in [3.63, 3.8) is 0 Å². The van der Waals surface area contributed by atoms with E-state index in [1.54, 1.807) is 13.8 Å². The van der Waals surface area contributed by atoms with E-state index in [0.717, 1.165) is 11.1 Å². The van der Waals surface area contributed by atoms with Gasteiger partial charge in [-0.15, -0.1) is 0 Å². The third-order valence-electron chi connectivity index (χ3n) is 4.35. The van der Waals surface area contributed by atoms with E-state index in [4.69, 9.17) is 4.74 Å². The highest BCUT2D eigenvalue weighted by Gasteiger charge is 2.24. The molecule has 0 unspecified atom stereocenters. The summed E-state index contributed by atoms with van der Waals surface area (Å²) in [5, 5.41) is 4.19. The fourth-order valence-corrected chi connectivity index (χ4v) is 2.95. The van der Waals surface area contributed by atoms with Gasteiger partial charge in [-0.05, 0) is 31.4 Å². The van der Waals surface area contributed by atoms with Crippen molar-refractivity contribution in [3.05, 3.63) is 71.8 Å². The molecular weight excluding hydrogens is 340 g/mol. The highest BCUT2D eigenvalue weighted by Crippen LogP contribution is 2.24. The maximum atomic E-state index is 12.9. The molecule has 0 fully saturated rings. The smallest absolute Gasteiger partial charge is 0.314 e. The van der Waals surface area contributed by atoms with Gasteiger partial charge in [0.1, 0.15) is 0 Å². The van der Waals surface area contributed by atoms with Gasteiger partial charge in [0.2, 0.25) is 0 Å². The molecule has 1 atom stereocenters. The molecule has 0 aliphatic carbocycles. The number of hydrazone groups is 1. The molecule has 5 nitrogen and oxygen atoms in total. The molecular formula is C22H26N2O3. The lowest BCUT2D eigenvalue weighted by molar-refractivity contribution is -0.145. The van der Waals surface area contributed by atoms with Crippen molar-refractivity contribution in [1.29, 1.82) is 0 Å². The normalized spacial score (nSPS) is 12.5. The van der Waals surface area contributed by atoms with Crippen LogP contribution in [-0.4, -0.2) is 24.2 Å². The number of benzene rings is 2. The Hall–Kier alpha value is -2.95. The van der Waals surface area contributed by atoms with Gasteiger partial charge in [0.25, 0.3) is 5.91 Å². The van der Waals surface area contributed by atoms with E-state index in [2.05, 4.69) is 10.5 Å². The first kappa shape index (κ1) is 20.4. The molecule has 0 heterocycles. The van der Waals surface area contributed by atoms with Gasteiger partial charge in [0.05, 0.1) is 18.4 Å². The molecule has 2 aromatic carbocycles. The monoisotopic (exact) mass is 366 g/mol. The quantitative estimate of drug-likeness (QED) is 0.438. The van der Waals surface area contributed by atoms with E-state index in [1.807, 2.05) is 67.6 Å². The number of carbonyl (C=O) groups is 2. The number of esters is 1. The molecule has 0 aliphatic rings. The van der Waals surface area contributed by atoms with E-state index in [1.165, 1.54) is 0 Å². The molecule has 27 heavy (non-hydrogen) atoms. The number of rotatable bonds is 8. The van der Waals surface area contributed by atoms with Crippen molar-refractivity contribution >= 4 is 17.6 Å². The first-order valence-corrected chi connectivity index (χ1v) is 9.19. The Labute approximate surface area is 160 Å². The Morgan fingerprint density at radius 1 is 0.963 bits per heavy atom. The second kappa shape index (κ2) is 10.3. The van der Waals surface area contributed by atoms with Crippen molar-refractivity contribution in [2.75, 3.05) is 6.61 Å². The van der Waals surface area contributed by atoms with Crippen molar-refractivity contribution in [3.8, 4) is 0 Å². The van der Waals surface area contributed by atoms with Gasteiger partial charge in [-0.3, -0.25) is 9.59 Å². The lowest BCUT2D eigenvalue weighted by atomic mass is 9.91. The van der Waals surface area contributed by atoms with Gasteiger partial charge in [-0.2, -0.15) is 5.10 Å². The lowest BCUT2D eigenvalue weighted by Gasteiger charge is -2.17. The van der Waals surface area contributed by atoms with Crippen LogP contribution in [0.4, 0.5) is 0 Å². The molecule has 0 saturated heterocycles. The van der Waals surface area contributed by atoms with E-state index in [-0.39, 0.29) is 11.9 Å². The standard InChI is InChI=1S/C22H26N2O3/c1-4-19(22(26)27-5-2)16(3)23-24-21(25)20(17-12-8-6-9-13-17)18-14-10-7-11-15-18/h6-15,19-20H,4-5H2,1-3H3,(H,24,25)/b23-16-/t19-/m1/s1. The van der Waals surface area contributed by atoms with Crippen LogP contribution in [0.3, 0.4) is 0 Å². The Kier molecular flexibility index (Phi) is 7.74. The van der Waals surface area contributed by atoms with Gasteiger partial charge in [-0.1, -0.05) is 67.6 Å². The average Bonchev–Trinajstić information content (AvgIpc) is 2.69. The second-order valence-electron chi connectivity index (χ2n) is 6.20. The Morgan fingerprint density at radius 2 is 1.48 bits per heavy atom. The van der Waals surface area contributed by atoms with Crippen LogP contribution in [0.25, 0.3) is 0 Å². The van der Waals surface area contributed by atoms with Crippen LogP contribution < -0.4 is 5.43 Å². The van der Waals surface area contributed by atoms with Crippen molar-refractivity contribution in [2.45, 2.75) is 33.1 Å². The van der Waals surface area contributed by atoms with Gasteiger partial charge < -0.3 is 4.74 Å². The zero-order chi connectivity index (χ0) is 19.6. The molecule has 5 heteroatoms. The molecule has 0 spiro atoms. The summed E-state index contributed by atoms with van der Waals surface area (Å²) in [4.78, 5) is 24.9. The van der Waals surface area contributed by atoms with E-state index < -0.39 is 11.8 Å². The van der Waals surface area contributed by atoms with Crippen LogP contribution in [-0.2, 0) is 14.3 Å². The number of nitrogens with one attached hydrogen (secondary N) is 1. The average molecular weight is 366 g/mol. The molecule has 0 bridgehead atoms. The highest BCUT2D eigenvalue weighted by atomic mass is 16.5. The van der Waals surface area contributed by atoms with E-state index in [0.29, 0.717) is 18.7 Å². The number of ether oxygens (including phenoxy) is 1. The van der Waals surface area contributed by atoms with E-state index >= 15 is 0 Å². The second-order valence-corrected chi connectivity index (χ2v) is 6.20. The van der Waals surface area contributed by atoms with Crippen LogP contribution in [0.1, 0.15) is 44.2 Å². The van der Waals surface area contributed by atoms with Crippen LogP contribution >= 0.6 is 0 Å². The van der Waals surface area contributed by atoms with Crippen LogP contribution in [0, 0.1) is 5.92 Å². The van der Waals surface area contributed by atoms with Crippen LogP contribution in [0.2, 0.25) is 0 Å². The van der Waals surface area contributed by atoms with Crippen molar-refractivity contribution < 1.29 is 14.3 Å². The van der Waals surface area contributed by atoms with Gasteiger partial charge in [-0.25, -0.2) is 5.43 Å². The molecule has 2 aromatic rings. The summed E-state index contributed by atoms with van der Waals surface area (Å²) in [5.74, 6) is -1.51. The number of nitrogens with zero attached hydrogens (tertiary/aromatic N) is 1. The molecule has 0 radical (unpaired) electrons. The fourth-order valence-electron chi connectivity index (χ4n) is 2.95. The minimum absolute atomic E-state index is 0.245. The van der Waals surface area contributed by atoms with Crippen LogP contribution in [0.15, 0.2) is 65.8 Å². The summed E-state index contributed by atoms with van der Waals surface area (Å²) in [6.07, 6.45) is 0.560. The lowest BCUT2D eigenvalue weighted by Crippen LogP contribution is -2.30. The Morgan fingerprint density at radius 3 is 1.93 bits per heavy atom. The Balaban J connectivity index is 2.22. The SMILES string of the molecule is CCOC(=O)[C@H](CC)/C(C)=N\NC(=O)C(c1ccccc1)c1ccccc1. The largest absolute Gasteiger partial charge is 0.465 e. The summed E-state index contributed by atoms with van der Waals surface area (Å²) < 4.78 is 5.08. The maximum Gasteiger partial charge on any atom is 0.314 e. The summed E-state index contributed by atoms with van der Waals surface area (Å²) in [7, 11) is 0. The first-order valence-electron chi connectivity index (χ1n) is 9.19. The minimum atomic E-state index is -0.480. The highest BCUT2D eigenvalue weighted by molar-refractivity contribution is 6.01. The van der Waals surface area contributed by atoms with Gasteiger partial charge in [0, 0.05) is 5.71 Å².